The van der Waals surface area contributed by atoms with E-state index in [0.29, 0.717) is 12.3 Å². The SMILES string of the molecule is Cc1nnc(NC(=O)COc2ccccc2CN)nc1C. The largest absolute Gasteiger partial charge is 0.483 e. The van der Waals surface area contributed by atoms with Gasteiger partial charge in [-0.3, -0.25) is 10.1 Å². The standard InChI is InChI=1S/C14H17N5O2/c1-9-10(2)18-19-14(16-9)17-13(20)8-21-12-6-4-3-5-11(12)7-15/h3-6H,7-8,15H2,1-2H3,(H,16,17,19,20). The second kappa shape index (κ2) is 6.76. The lowest BCUT2D eigenvalue weighted by molar-refractivity contribution is -0.118. The normalized spacial score (nSPS) is 10.2. The molecule has 0 bridgehead atoms. The lowest BCUT2D eigenvalue weighted by atomic mass is 10.2. The van der Waals surface area contributed by atoms with Crippen LogP contribution in [0, 0.1) is 13.8 Å². The highest BCUT2D eigenvalue weighted by Crippen LogP contribution is 2.16. The molecule has 1 amide bonds. The third-order valence-corrected chi connectivity index (χ3v) is 2.89. The van der Waals surface area contributed by atoms with Gasteiger partial charge >= 0.3 is 0 Å². The zero-order valence-corrected chi connectivity index (χ0v) is 12.0. The highest BCUT2D eigenvalue weighted by atomic mass is 16.5. The molecule has 21 heavy (non-hydrogen) atoms. The highest BCUT2D eigenvalue weighted by molar-refractivity contribution is 5.90. The molecule has 0 aliphatic rings. The van der Waals surface area contributed by atoms with Gasteiger partial charge < -0.3 is 10.5 Å². The van der Waals surface area contributed by atoms with Gasteiger partial charge in [0.05, 0.1) is 11.4 Å². The van der Waals surface area contributed by atoms with Crippen molar-refractivity contribution in [1.82, 2.24) is 15.2 Å². The number of para-hydroxylation sites is 1. The number of rotatable bonds is 5. The Hall–Kier alpha value is -2.54. The van der Waals surface area contributed by atoms with Crippen LogP contribution >= 0.6 is 0 Å². The number of hydrogen-bond acceptors (Lipinski definition) is 6. The molecule has 7 heteroatoms. The van der Waals surface area contributed by atoms with Crippen LogP contribution in [0.4, 0.5) is 5.95 Å². The smallest absolute Gasteiger partial charge is 0.264 e. The maximum Gasteiger partial charge on any atom is 0.264 e. The predicted octanol–water partition coefficient (Wildman–Crippen LogP) is 0.965. The van der Waals surface area contributed by atoms with Crippen molar-refractivity contribution in [2.24, 2.45) is 5.73 Å². The van der Waals surface area contributed by atoms with Crippen LogP contribution in [0.15, 0.2) is 24.3 Å². The van der Waals surface area contributed by atoms with Gasteiger partial charge in [-0.1, -0.05) is 18.2 Å². The molecule has 1 aromatic carbocycles. The summed E-state index contributed by atoms with van der Waals surface area (Å²) in [6.07, 6.45) is 0. The van der Waals surface area contributed by atoms with E-state index >= 15 is 0 Å². The van der Waals surface area contributed by atoms with E-state index in [-0.39, 0.29) is 18.5 Å². The summed E-state index contributed by atoms with van der Waals surface area (Å²) in [6, 6.07) is 7.31. The maximum absolute atomic E-state index is 11.8. The molecule has 0 radical (unpaired) electrons. The maximum atomic E-state index is 11.8. The quantitative estimate of drug-likeness (QED) is 0.849. The van der Waals surface area contributed by atoms with Gasteiger partial charge in [-0.2, -0.15) is 5.10 Å². The van der Waals surface area contributed by atoms with Crippen molar-refractivity contribution >= 4 is 11.9 Å². The van der Waals surface area contributed by atoms with Crippen molar-refractivity contribution in [3.05, 3.63) is 41.2 Å². The number of aryl methyl sites for hydroxylation is 2. The molecule has 0 saturated heterocycles. The lowest BCUT2D eigenvalue weighted by Crippen LogP contribution is -2.22. The number of hydrogen-bond donors (Lipinski definition) is 2. The second-order valence-electron chi connectivity index (χ2n) is 4.45. The van der Waals surface area contributed by atoms with E-state index < -0.39 is 0 Å². The summed E-state index contributed by atoms with van der Waals surface area (Å²) in [7, 11) is 0. The Balaban J connectivity index is 1.94. The number of aromatic nitrogens is 3. The van der Waals surface area contributed by atoms with Crippen LogP contribution in [0.1, 0.15) is 17.0 Å². The van der Waals surface area contributed by atoms with E-state index in [0.717, 1.165) is 17.0 Å². The summed E-state index contributed by atoms with van der Waals surface area (Å²) in [6.45, 7) is 3.80. The Morgan fingerprint density at radius 2 is 2.00 bits per heavy atom. The third kappa shape index (κ3) is 3.96. The van der Waals surface area contributed by atoms with Gasteiger partial charge in [0.2, 0.25) is 5.95 Å². The van der Waals surface area contributed by atoms with Crippen molar-refractivity contribution in [3.8, 4) is 5.75 Å². The number of carbonyl (C=O) groups is 1. The topological polar surface area (TPSA) is 103 Å². The van der Waals surface area contributed by atoms with E-state index in [4.69, 9.17) is 10.5 Å². The fourth-order valence-electron chi connectivity index (χ4n) is 1.63. The molecule has 2 aromatic rings. The molecule has 1 aromatic heterocycles. The highest BCUT2D eigenvalue weighted by Gasteiger charge is 2.09. The van der Waals surface area contributed by atoms with E-state index in [1.54, 1.807) is 19.9 Å². The zero-order valence-electron chi connectivity index (χ0n) is 12.0. The van der Waals surface area contributed by atoms with Gasteiger partial charge in [0.25, 0.3) is 5.91 Å². The molecule has 1 heterocycles. The summed E-state index contributed by atoms with van der Waals surface area (Å²) < 4.78 is 5.45. The Morgan fingerprint density at radius 1 is 1.24 bits per heavy atom. The zero-order chi connectivity index (χ0) is 15.2. The van der Waals surface area contributed by atoms with Crippen molar-refractivity contribution < 1.29 is 9.53 Å². The van der Waals surface area contributed by atoms with E-state index in [9.17, 15) is 4.79 Å². The van der Waals surface area contributed by atoms with Crippen LogP contribution < -0.4 is 15.8 Å². The van der Waals surface area contributed by atoms with Crippen LogP contribution in [-0.4, -0.2) is 27.7 Å². The number of anilines is 1. The molecular formula is C14H17N5O2. The number of nitrogens with one attached hydrogen (secondary N) is 1. The number of amides is 1. The summed E-state index contributed by atoms with van der Waals surface area (Å²) in [5.41, 5.74) is 7.89. The summed E-state index contributed by atoms with van der Waals surface area (Å²) in [5, 5.41) is 10.2. The van der Waals surface area contributed by atoms with Crippen molar-refractivity contribution in [3.63, 3.8) is 0 Å². The molecule has 0 spiro atoms. The number of ether oxygens (including phenoxy) is 1. The van der Waals surface area contributed by atoms with Crippen LogP contribution in [0.25, 0.3) is 0 Å². The first kappa shape index (κ1) is 14.9. The van der Waals surface area contributed by atoms with Gasteiger partial charge in [0, 0.05) is 12.1 Å². The van der Waals surface area contributed by atoms with Crippen LogP contribution in [0.5, 0.6) is 5.75 Å². The third-order valence-electron chi connectivity index (χ3n) is 2.89. The minimum atomic E-state index is -0.355. The average Bonchev–Trinajstić information content (AvgIpc) is 2.49. The molecule has 3 N–H and O–H groups in total. The first-order valence-corrected chi connectivity index (χ1v) is 6.48. The van der Waals surface area contributed by atoms with Crippen LogP contribution in [0.2, 0.25) is 0 Å². The number of nitrogens with two attached hydrogens (primary N) is 1. The molecule has 110 valence electrons. The van der Waals surface area contributed by atoms with Crippen LogP contribution in [-0.2, 0) is 11.3 Å². The first-order chi connectivity index (χ1) is 10.1. The molecule has 7 nitrogen and oxygen atoms in total. The summed E-state index contributed by atoms with van der Waals surface area (Å²) in [4.78, 5) is 15.9. The van der Waals surface area contributed by atoms with Crippen LogP contribution in [0.3, 0.4) is 0 Å². The van der Waals surface area contributed by atoms with E-state index in [2.05, 4.69) is 20.5 Å². The fraction of sp³-hybridized carbons (Fsp3) is 0.286. The summed E-state index contributed by atoms with van der Waals surface area (Å²) >= 11 is 0. The molecule has 0 unspecified atom stereocenters. The Kier molecular flexibility index (Phi) is 4.78. The van der Waals surface area contributed by atoms with Gasteiger partial charge in [-0.15, -0.1) is 5.10 Å². The van der Waals surface area contributed by atoms with E-state index in [1.807, 2.05) is 18.2 Å². The molecule has 0 atom stereocenters. The molecule has 0 aliphatic heterocycles. The number of nitrogens with zero attached hydrogens (tertiary/aromatic N) is 3. The first-order valence-electron chi connectivity index (χ1n) is 6.48. The van der Waals surface area contributed by atoms with E-state index in [1.165, 1.54) is 0 Å². The van der Waals surface area contributed by atoms with Crippen molar-refractivity contribution in [1.29, 1.82) is 0 Å². The Bertz CT molecular complexity index is 645. The number of carbonyl (C=O) groups excluding carboxylic acids is 1. The van der Waals surface area contributed by atoms with Crippen molar-refractivity contribution in [2.75, 3.05) is 11.9 Å². The molecule has 2 rings (SSSR count). The lowest BCUT2D eigenvalue weighted by Gasteiger charge is -2.10. The Morgan fingerprint density at radius 3 is 2.71 bits per heavy atom. The van der Waals surface area contributed by atoms with Gasteiger partial charge in [0.1, 0.15) is 5.75 Å². The number of benzene rings is 1. The Labute approximate surface area is 122 Å². The monoisotopic (exact) mass is 287 g/mol. The molecule has 0 aliphatic carbocycles. The van der Waals surface area contributed by atoms with Gasteiger partial charge in [-0.25, -0.2) is 4.98 Å². The fourth-order valence-corrected chi connectivity index (χ4v) is 1.63. The molecule has 0 fully saturated rings. The van der Waals surface area contributed by atoms with Crippen molar-refractivity contribution in [2.45, 2.75) is 20.4 Å². The second-order valence-corrected chi connectivity index (χ2v) is 4.45. The molecule has 0 saturated carbocycles. The minimum Gasteiger partial charge on any atom is -0.483 e. The van der Waals surface area contributed by atoms with Gasteiger partial charge in [-0.05, 0) is 19.9 Å². The average molecular weight is 287 g/mol. The predicted molar refractivity (Wildman–Crippen MR) is 77.8 cm³/mol. The minimum absolute atomic E-state index is 0.146. The summed E-state index contributed by atoms with van der Waals surface area (Å²) in [5.74, 6) is 0.403. The van der Waals surface area contributed by atoms with Gasteiger partial charge in [0.15, 0.2) is 6.61 Å². The molecular weight excluding hydrogens is 270 g/mol.